The van der Waals surface area contributed by atoms with Gasteiger partial charge in [0.1, 0.15) is 24.0 Å². The minimum Gasteiger partial charge on any atom is -0.489 e. The number of benzene rings is 3. The zero-order chi connectivity index (χ0) is 24.8. The fourth-order valence-corrected chi connectivity index (χ4v) is 3.78. The summed E-state index contributed by atoms with van der Waals surface area (Å²) in [4.78, 5) is 12.1. The summed E-state index contributed by atoms with van der Waals surface area (Å²) in [5, 5.41) is 4.08. The van der Waals surface area contributed by atoms with E-state index in [-0.39, 0.29) is 30.6 Å². The molecule has 4 rings (SSSR count). The smallest absolute Gasteiger partial charge is 0.244 e. The predicted octanol–water partition coefficient (Wildman–Crippen LogP) is 5.64. The highest BCUT2D eigenvalue weighted by Gasteiger charge is 2.10. The number of amides is 1. The average Bonchev–Trinajstić information content (AvgIpc) is 3.13. The molecule has 0 fully saturated rings. The zero-order valence-corrected chi connectivity index (χ0v) is 19.5. The van der Waals surface area contributed by atoms with E-state index in [1.54, 1.807) is 36.5 Å². The van der Waals surface area contributed by atoms with Crippen LogP contribution < -0.4 is 10.2 Å². The van der Waals surface area contributed by atoms with Gasteiger partial charge in [-0.2, -0.15) is 5.10 Å². The number of carbonyl (C=O) groups is 1. The van der Waals surface area contributed by atoms with Crippen LogP contribution in [0.3, 0.4) is 0 Å². The number of nitrogens with one attached hydrogen (secondary N) is 1. The molecule has 35 heavy (non-hydrogen) atoms. The third-order valence-corrected chi connectivity index (χ3v) is 5.59. The number of hydrogen-bond donors (Lipinski definition) is 1. The molecule has 1 aromatic heterocycles. The number of rotatable bonds is 8. The molecular weight excluding hydrogens is 448 g/mol. The molecule has 178 valence electrons. The van der Waals surface area contributed by atoms with Crippen molar-refractivity contribution in [1.82, 2.24) is 9.99 Å². The van der Waals surface area contributed by atoms with Crippen LogP contribution in [0, 0.1) is 25.5 Å². The van der Waals surface area contributed by atoms with Crippen LogP contribution in [0.25, 0.3) is 5.69 Å². The number of hydrogen-bond acceptors (Lipinski definition) is 3. The van der Waals surface area contributed by atoms with E-state index in [9.17, 15) is 13.6 Å². The van der Waals surface area contributed by atoms with Crippen LogP contribution in [0.1, 0.15) is 28.1 Å². The minimum atomic E-state index is -0.340. The molecule has 1 heterocycles. The first-order valence-electron chi connectivity index (χ1n) is 11.1. The van der Waals surface area contributed by atoms with Gasteiger partial charge in [-0.05, 0) is 67.9 Å². The van der Waals surface area contributed by atoms with Crippen molar-refractivity contribution in [3.63, 3.8) is 0 Å². The standard InChI is InChI=1S/C28H25F2N3O2/c1-19-15-23(17-31-32-28(34)16-21-7-9-24(29)10-8-21)20(2)33(19)25-11-13-26(14-12-25)35-18-22-5-3-4-6-27(22)30/h3-15,17H,16,18H2,1-2H3,(H,32,34)/b31-17+. The monoisotopic (exact) mass is 473 g/mol. The Morgan fingerprint density at radius 3 is 2.43 bits per heavy atom. The normalized spacial score (nSPS) is 11.1. The van der Waals surface area contributed by atoms with Gasteiger partial charge in [-0.3, -0.25) is 4.79 Å². The third-order valence-electron chi connectivity index (χ3n) is 5.59. The lowest BCUT2D eigenvalue weighted by atomic mass is 10.1. The summed E-state index contributed by atoms with van der Waals surface area (Å²) in [6.07, 6.45) is 1.72. The summed E-state index contributed by atoms with van der Waals surface area (Å²) in [6.45, 7) is 4.11. The number of aryl methyl sites for hydroxylation is 1. The number of ether oxygens (including phenoxy) is 1. The lowest BCUT2D eigenvalue weighted by Crippen LogP contribution is -2.19. The Labute approximate surface area is 202 Å². The maximum atomic E-state index is 13.8. The lowest BCUT2D eigenvalue weighted by Gasteiger charge is -2.12. The van der Waals surface area contributed by atoms with Crippen molar-refractivity contribution in [3.8, 4) is 11.4 Å². The molecule has 0 saturated heterocycles. The Balaban J connectivity index is 1.39. The summed E-state index contributed by atoms with van der Waals surface area (Å²) in [5.74, 6) is -0.270. The second kappa shape index (κ2) is 10.8. The molecule has 5 nitrogen and oxygen atoms in total. The largest absolute Gasteiger partial charge is 0.489 e. The van der Waals surface area contributed by atoms with Crippen LogP contribution in [0.2, 0.25) is 0 Å². The number of carbonyl (C=O) groups excluding carboxylic acids is 1. The van der Waals surface area contributed by atoms with Gasteiger partial charge in [0.2, 0.25) is 5.91 Å². The van der Waals surface area contributed by atoms with Crippen molar-refractivity contribution >= 4 is 12.1 Å². The topological polar surface area (TPSA) is 55.6 Å². The second-order valence-corrected chi connectivity index (χ2v) is 8.13. The van der Waals surface area contributed by atoms with Crippen molar-refractivity contribution in [2.24, 2.45) is 5.10 Å². The van der Waals surface area contributed by atoms with Crippen LogP contribution in [0.15, 0.2) is 84.0 Å². The summed E-state index contributed by atoms with van der Waals surface area (Å²) in [6, 6.07) is 21.9. The maximum absolute atomic E-state index is 13.8. The molecule has 0 aliphatic rings. The van der Waals surface area contributed by atoms with E-state index in [0.29, 0.717) is 16.9 Å². The van der Waals surface area contributed by atoms with Gasteiger partial charge >= 0.3 is 0 Å². The Morgan fingerprint density at radius 2 is 1.71 bits per heavy atom. The molecule has 0 bridgehead atoms. The van der Waals surface area contributed by atoms with Gasteiger partial charge in [0.25, 0.3) is 0 Å². The van der Waals surface area contributed by atoms with Crippen LogP contribution >= 0.6 is 0 Å². The lowest BCUT2D eigenvalue weighted by molar-refractivity contribution is -0.120. The van der Waals surface area contributed by atoms with E-state index in [4.69, 9.17) is 4.74 Å². The van der Waals surface area contributed by atoms with Gasteiger partial charge in [-0.15, -0.1) is 0 Å². The fourth-order valence-electron chi connectivity index (χ4n) is 3.78. The second-order valence-electron chi connectivity index (χ2n) is 8.13. The number of halogens is 2. The SMILES string of the molecule is Cc1cc(/C=N/NC(=O)Cc2ccc(F)cc2)c(C)n1-c1ccc(OCc2ccccc2F)cc1. The zero-order valence-electron chi connectivity index (χ0n) is 19.5. The first-order chi connectivity index (χ1) is 16.9. The highest BCUT2D eigenvalue weighted by molar-refractivity contribution is 5.84. The van der Waals surface area contributed by atoms with Gasteiger partial charge in [0, 0.05) is 28.2 Å². The van der Waals surface area contributed by atoms with E-state index in [1.165, 1.54) is 18.2 Å². The Kier molecular flexibility index (Phi) is 7.35. The summed E-state index contributed by atoms with van der Waals surface area (Å²) in [5.41, 5.74) is 7.49. The number of hydrazone groups is 1. The molecule has 0 saturated carbocycles. The van der Waals surface area contributed by atoms with Crippen LogP contribution in [-0.4, -0.2) is 16.7 Å². The van der Waals surface area contributed by atoms with E-state index in [1.807, 2.05) is 44.2 Å². The van der Waals surface area contributed by atoms with Gasteiger partial charge < -0.3 is 9.30 Å². The predicted molar refractivity (Wildman–Crippen MR) is 132 cm³/mol. The summed E-state index contributed by atoms with van der Waals surface area (Å²) in [7, 11) is 0. The van der Waals surface area contributed by atoms with Gasteiger partial charge in [-0.25, -0.2) is 14.2 Å². The minimum absolute atomic E-state index is 0.113. The maximum Gasteiger partial charge on any atom is 0.244 e. The Morgan fingerprint density at radius 1 is 1.00 bits per heavy atom. The average molecular weight is 474 g/mol. The van der Waals surface area contributed by atoms with Crippen molar-refractivity contribution < 1.29 is 18.3 Å². The van der Waals surface area contributed by atoms with Crippen LogP contribution in [0.4, 0.5) is 8.78 Å². The first-order valence-corrected chi connectivity index (χ1v) is 11.1. The molecular formula is C28H25F2N3O2. The van der Waals surface area contributed by atoms with E-state index in [0.717, 1.165) is 22.6 Å². The Hall–Kier alpha value is -4.26. The van der Waals surface area contributed by atoms with Gasteiger partial charge in [-0.1, -0.05) is 30.3 Å². The van der Waals surface area contributed by atoms with E-state index >= 15 is 0 Å². The van der Waals surface area contributed by atoms with Crippen molar-refractivity contribution in [2.45, 2.75) is 26.9 Å². The van der Waals surface area contributed by atoms with E-state index < -0.39 is 0 Å². The van der Waals surface area contributed by atoms with Crippen molar-refractivity contribution in [3.05, 3.63) is 119 Å². The van der Waals surface area contributed by atoms with Gasteiger partial charge in [0.15, 0.2) is 0 Å². The summed E-state index contributed by atoms with van der Waals surface area (Å²) >= 11 is 0. The first kappa shape index (κ1) is 23.9. The molecule has 0 unspecified atom stereocenters. The molecule has 0 spiro atoms. The molecule has 1 amide bonds. The highest BCUT2D eigenvalue weighted by Crippen LogP contribution is 2.23. The molecule has 0 aliphatic heterocycles. The van der Waals surface area contributed by atoms with Crippen LogP contribution in [0.5, 0.6) is 5.75 Å². The van der Waals surface area contributed by atoms with Crippen molar-refractivity contribution in [2.75, 3.05) is 0 Å². The highest BCUT2D eigenvalue weighted by atomic mass is 19.1. The molecule has 1 N–H and O–H groups in total. The van der Waals surface area contributed by atoms with E-state index in [2.05, 4.69) is 15.1 Å². The third kappa shape index (κ3) is 6.00. The number of aromatic nitrogens is 1. The fraction of sp³-hybridized carbons (Fsp3) is 0.143. The molecule has 4 aromatic rings. The van der Waals surface area contributed by atoms with Gasteiger partial charge in [0.05, 0.1) is 12.6 Å². The quantitative estimate of drug-likeness (QED) is 0.266. The van der Waals surface area contributed by atoms with Crippen molar-refractivity contribution in [1.29, 1.82) is 0 Å². The summed E-state index contributed by atoms with van der Waals surface area (Å²) < 4.78 is 34.6. The molecule has 0 aliphatic carbocycles. The molecule has 0 atom stereocenters. The molecule has 3 aromatic carbocycles. The molecule has 0 radical (unpaired) electrons. The molecule has 7 heteroatoms. The Bertz CT molecular complexity index is 1340. The number of nitrogens with zero attached hydrogens (tertiary/aromatic N) is 2. The van der Waals surface area contributed by atoms with Crippen LogP contribution in [-0.2, 0) is 17.8 Å².